The summed E-state index contributed by atoms with van der Waals surface area (Å²) in [6, 6.07) is -1.16. The second kappa shape index (κ2) is 9.84. The van der Waals surface area contributed by atoms with Crippen LogP contribution < -0.4 is 11.1 Å². The molecule has 1 fully saturated rings. The first-order valence-corrected chi connectivity index (χ1v) is 12.5. The molecule has 0 spiro atoms. The number of nitrogens with one attached hydrogen (secondary N) is 1. The zero-order chi connectivity index (χ0) is 28.3. The van der Waals surface area contributed by atoms with Crippen molar-refractivity contribution in [2.45, 2.75) is 44.4 Å². The molecule has 0 saturated heterocycles. The smallest absolute Gasteiger partial charge is 0.255 e. The molecule has 13 heteroatoms. The first-order valence-electron chi connectivity index (χ1n) is 12.1. The number of aliphatic hydroxyl groups is 3. The Morgan fingerprint density at radius 2 is 1.95 bits per heavy atom. The number of nitrogens with zero attached hydrogens (tertiary/aromatic N) is 2. The van der Waals surface area contributed by atoms with Crippen LogP contribution in [0.4, 0.5) is 5.82 Å². The first kappa shape index (κ1) is 27.8. The van der Waals surface area contributed by atoms with Crippen LogP contribution in [-0.4, -0.2) is 92.8 Å². The molecule has 1 heterocycles. The van der Waals surface area contributed by atoms with Crippen LogP contribution in [0, 0.1) is 11.8 Å². The number of carbonyl (C=O) groups is 3. The van der Waals surface area contributed by atoms with Crippen molar-refractivity contribution in [1.29, 1.82) is 0 Å². The van der Waals surface area contributed by atoms with Gasteiger partial charge in [-0.1, -0.05) is 11.6 Å². The summed E-state index contributed by atoms with van der Waals surface area (Å²) in [5, 5.41) is 47.6. The number of likely N-dealkylation sites (N-methyl/N-ethyl adjacent to an activating group) is 1. The quantitative estimate of drug-likeness (QED) is 0.160. The minimum Gasteiger partial charge on any atom is -0.508 e. The van der Waals surface area contributed by atoms with Crippen molar-refractivity contribution in [2.24, 2.45) is 17.6 Å². The van der Waals surface area contributed by atoms with E-state index in [0.717, 1.165) is 0 Å². The maximum atomic E-state index is 13.8. The van der Waals surface area contributed by atoms with Gasteiger partial charge in [-0.3, -0.25) is 19.3 Å². The van der Waals surface area contributed by atoms with E-state index in [2.05, 4.69) is 10.3 Å². The van der Waals surface area contributed by atoms with Gasteiger partial charge in [-0.05, 0) is 46.7 Å². The molecule has 38 heavy (non-hydrogen) atoms. The van der Waals surface area contributed by atoms with Crippen molar-refractivity contribution in [1.82, 2.24) is 9.88 Å². The van der Waals surface area contributed by atoms with Gasteiger partial charge in [0.2, 0.25) is 5.78 Å². The third kappa shape index (κ3) is 4.12. The third-order valence-corrected chi connectivity index (χ3v) is 7.69. The van der Waals surface area contributed by atoms with Crippen molar-refractivity contribution in [2.75, 3.05) is 32.6 Å². The number of anilines is 1. The molecule has 206 valence electrons. The van der Waals surface area contributed by atoms with Gasteiger partial charge in [0, 0.05) is 23.6 Å². The average Bonchev–Trinajstić information content (AvgIpc) is 2.81. The van der Waals surface area contributed by atoms with E-state index < -0.39 is 63.8 Å². The number of rotatable bonds is 7. The Morgan fingerprint density at radius 3 is 2.53 bits per heavy atom. The molecule has 4 rings (SSSR count). The number of aliphatic hydroxyl groups excluding tert-OH is 2. The lowest BCUT2D eigenvalue weighted by Gasteiger charge is -2.50. The van der Waals surface area contributed by atoms with Crippen molar-refractivity contribution >= 4 is 40.7 Å². The molecule has 3 aliphatic rings. The van der Waals surface area contributed by atoms with Gasteiger partial charge in [0.25, 0.3) is 5.91 Å². The van der Waals surface area contributed by atoms with E-state index in [-0.39, 0.29) is 47.6 Å². The highest BCUT2D eigenvalue weighted by molar-refractivity contribution is 6.31. The Morgan fingerprint density at radius 1 is 1.29 bits per heavy atom. The highest BCUT2D eigenvalue weighted by Gasteiger charge is 2.64. The van der Waals surface area contributed by atoms with Crippen LogP contribution >= 0.6 is 11.6 Å². The lowest BCUT2D eigenvalue weighted by molar-refractivity contribution is -0.153. The number of halogens is 1. The zero-order valence-corrected chi connectivity index (χ0v) is 22.2. The summed E-state index contributed by atoms with van der Waals surface area (Å²) in [7, 11) is 3.07. The molecule has 1 amide bonds. The normalized spacial score (nSPS) is 27.0. The minimum absolute atomic E-state index is 0.00778. The molecule has 7 N–H and O–H groups in total. The molecular weight excluding hydrogens is 520 g/mol. The van der Waals surface area contributed by atoms with Crippen LogP contribution in [0.2, 0.25) is 5.15 Å². The van der Waals surface area contributed by atoms with Gasteiger partial charge < -0.3 is 36.2 Å². The average molecular weight is 551 g/mol. The monoisotopic (exact) mass is 550 g/mol. The fourth-order valence-electron chi connectivity index (χ4n) is 5.74. The van der Waals surface area contributed by atoms with E-state index in [1.807, 2.05) is 13.8 Å². The van der Waals surface area contributed by atoms with Crippen LogP contribution in [-0.2, 0) is 25.5 Å². The summed E-state index contributed by atoms with van der Waals surface area (Å²) < 4.78 is 5.46. The predicted molar refractivity (Wildman–Crippen MR) is 137 cm³/mol. The molecule has 0 aliphatic heterocycles. The summed E-state index contributed by atoms with van der Waals surface area (Å²) in [6.45, 7) is 4.31. The Kier molecular flexibility index (Phi) is 7.21. The first-order chi connectivity index (χ1) is 17.7. The van der Waals surface area contributed by atoms with Gasteiger partial charge >= 0.3 is 0 Å². The molecular formula is C25H31ClN4O8. The van der Waals surface area contributed by atoms with E-state index in [0.29, 0.717) is 12.2 Å². The number of pyridine rings is 1. The van der Waals surface area contributed by atoms with Gasteiger partial charge in [0.1, 0.15) is 22.2 Å². The molecule has 0 bridgehead atoms. The molecule has 12 nitrogen and oxygen atoms in total. The molecule has 0 unspecified atom stereocenters. The SMILES string of the molecule is CC(C)OCCNc1nc(Cl)c2c(c1O)C(O)=C1C(=O)[C@]3(O)C(O)=C(C(N)=O)C(=O)[C@@H](N(C)C)[C@@H]3C[C@@H]1C2. The lowest BCUT2D eigenvalue weighted by atomic mass is 9.57. The predicted octanol–water partition coefficient (Wildman–Crippen LogP) is 0.849. The van der Waals surface area contributed by atoms with E-state index in [4.69, 9.17) is 22.1 Å². The second-order valence-corrected chi connectivity index (χ2v) is 10.6. The number of amides is 1. The van der Waals surface area contributed by atoms with Crippen molar-refractivity contribution in [3.05, 3.63) is 33.2 Å². The molecule has 1 aromatic rings. The second-order valence-electron chi connectivity index (χ2n) is 10.3. The number of ether oxygens (including phenoxy) is 1. The molecule has 0 aromatic carbocycles. The fourth-order valence-corrected chi connectivity index (χ4v) is 6.00. The van der Waals surface area contributed by atoms with Crippen LogP contribution in [0.25, 0.3) is 5.76 Å². The van der Waals surface area contributed by atoms with Gasteiger partial charge in [-0.2, -0.15) is 0 Å². The van der Waals surface area contributed by atoms with Crippen molar-refractivity contribution in [3.63, 3.8) is 0 Å². The number of carbonyl (C=O) groups excluding carboxylic acids is 3. The van der Waals surface area contributed by atoms with Crippen LogP contribution in [0.1, 0.15) is 31.4 Å². The highest BCUT2D eigenvalue weighted by atomic mass is 35.5. The van der Waals surface area contributed by atoms with Gasteiger partial charge in [-0.25, -0.2) is 4.98 Å². The lowest BCUT2D eigenvalue weighted by Crippen LogP contribution is -2.65. The van der Waals surface area contributed by atoms with Gasteiger partial charge in [0.15, 0.2) is 23.0 Å². The Balaban J connectivity index is 1.84. The maximum absolute atomic E-state index is 13.8. The third-order valence-electron chi connectivity index (χ3n) is 7.38. The Bertz CT molecular complexity index is 1290. The Hall–Kier alpha value is -3.19. The molecule has 3 aliphatic carbocycles. The van der Waals surface area contributed by atoms with Gasteiger partial charge in [0.05, 0.1) is 24.3 Å². The summed E-state index contributed by atoms with van der Waals surface area (Å²) in [6.07, 6.45) is 0.0194. The van der Waals surface area contributed by atoms with E-state index in [1.165, 1.54) is 19.0 Å². The van der Waals surface area contributed by atoms with Gasteiger partial charge in [-0.15, -0.1) is 0 Å². The van der Waals surface area contributed by atoms with E-state index >= 15 is 0 Å². The number of aromatic nitrogens is 1. The maximum Gasteiger partial charge on any atom is 0.255 e. The van der Waals surface area contributed by atoms with E-state index in [9.17, 15) is 34.8 Å². The summed E-state index contributed by atoms with van der Waals surface area (Å²) in [5.74, 6) is -7.36. The number of hydrogen-bond donors (Lipinski definition) is 6. The van der Waals surface area contributed by atoms with Crippen LogP contribution in [0.3, 0.4) is 0 Å². The molecule has 1 saturated carbocycles. The topological polar surface area (TPSA) is 196 Å². The molecule has 0 radical (unpaired) electrons. The fraction of sp³-hybridized carbons (Fsp3) is 0.520. The van der Waals surface area contributed by atoms with Crippen LogP contribution in [0.15, 0.2) is 16.9 Å². The minimum atomic E-state index is -2.70. The largest absolute Gasteiger partial charge is 0.508 e. The van der Waals surface area contributed by atoms with E-state index in [1.54, 1.807) is 0 Å². The van der Waals surface area contributed by atoms with Crippen molar-refractivity contribution < 1.29 is 39.5 Å². The summed E-state index contributed by atoms with van der Waals surface area (Å²) in [5.41, 5.74) is 1.66. The number of hydrogen-bond acceptors (Lipinski definition) is 11. The zero-order valence-electron chi connectivity index (χ0n) is 21.4. The summed E-state index contributed by atoms with van der Waals surface area (Å²) in [4.78, 5) is 44.6. The number of primary amides is 1. The number of fused-ring (bicyclic) bond motifs is 3. The highest BCUT2D eigenvalue weighted by Crippen LogP contribution is 2.53. The molecule has 1 aromatic heterocycles. The number of ketones is 2. The molecule has 4 atom stereocenters. The standard InChI is InChI=1S/C25H31ClN4O8/c1-9(2)38-6-5-28-24-19(33)14-11(22(26)29-24)7-10-8-12-16(30(3)4)18(32)15(23(27)36)21(35)25(12,37)20(34)13(10)17(14)31/h9-10,12,16,31,33,35,37H,5-8H2,1-4H3,(H2,27,36)(H,28,29)/t10-,12-,16-,25-/m0/s1. The van der Waals surface area contributed by atoms with Crippen LogP contribution in [0.5, 0.6) is 5.75 Å². The Labute approximate surface area is 223 Å². The summed E-state index contributed by atoms with van der Waals surface area (Å²) >= 11 is 6.44. The number of nitrogens with two attached hydrogens (primary N) is 1. The number of Topliss-reactive ketones (excluding diaryl/α,β-unsaturated/α-hetero) is 2. The van der Waals surface area contributed by atoms with Crippen molar-refractivity contribution in [3.8, 4) is 5.75 Å². The number of aromatic hydroxyl groups is 1.